The first-order valence-electron chi connectivity index (χ1n) is 15.8. The molecule has 0 atom stereocenters. The van der Waals surface area contributed by atoms with E-state index >= 15 is 0 Å². The van der Waals surface area contributed by atoms with E-state index in [1.165, 1.54) is 26.9 Å². The quantitative estimate of drug-likeness (QED) is 0.204. The van der Waals surface area contributed by atoms with Crippen LogP contribution in [0.5, 0.6) is 0 Å². The number of fused-ring (bicyclic) bond motifs is 9. The third kappa shape index (κ3) is 4.07. The second kappa shape index (κ2) is 10.1. The molecule has 1 aliphatic rings. The average molecular weight is 603 g/mol. The summed E-state index contributed by atoms with van der Waals surface area (Å²) in [4.78, 5) is 15.7. The van der Waals surface area contributed by atoms with Crippen molar-refractivity contribution in [3.8, 4) is 22.8 Å². The second-order valence-corrected chi connectivity index (χ2v) is 12.1. The minimum atomic E-state index is 0.597. The van der Waals surface area contributed by atoms with Crippen LogP contribution in [0.15, 0.2) is 144 Å². The molecule has 0 saturated carbocycles. The predicted octanol–water partition coefficient (Wildman–Crippen LogP) is 10.1. The Kier molecular flexibility index (Phi) is 5.57. The Labute approximate surface area is 269 Å². The average Bonchev–Trinajstić information content (AvgIpc) is 3.53. The monoisotopic (exact) mass is 602 g/mol. The van der Waals surface area contributed by atoms with E-state index in [4.69, 9.17) is 19.4 Å². The summed E-state index contributed by atoms with van der Waals surface area (Å²) in [5, 5.41) is 13.8. The molecule has 5 nitrogen and oxygen atoms in total. The summed E-state index contributed by atoms with van der Waals surface area (Å²) in [5.74, 6) is 2.73. The van der Waals surface area contributed by atoms with Gasteiger partial charge in [-0.05, 0) is 55.9 Å². The van der Waals surface area contributed by atoms with Gasteiger partial charge in [0.25, 0.3) is 0 Å². The summed E-state index contributed by atoms with van der Waals surface area (Å²) >= 11 is 0. The number of hydrogen-bond acceptors (Lipinski definition) is 5. The number of furan rings is 1. The highest BCUT2D eigenvalue weighted by atomic mass is 16.3. The summed E-state index contributed by atoms with van der Waals surface area (Å²) in [6.45, 7) is 0.601. The fourth-order valence-corrected chi connectivity index (χ4v) is 7.14. The van der Waals surface area contributed by atoms with Crippen molar-refractivity contribution in [2.75, 3.05) is 0 Å². The van der Waals surface area contributed by atoms with Crippen molar-refractivity contribution in [1.82, 2.24) is 20.3 Å². The lowest BCUT2D eigenvalue weighted by molar-refractivity contribution is 0.531. The van der Waals surface area contributed by atoms with Crippen molar-refractivity contribution in [3.05, 3.63) is 157 Å². The number of nitrogens with one attached hydrogen (secondary N) is 1. The van der Waals surface area contributed by atoms with E-state index in [-0.39, 0.29) is 0 Å². The minimum absolute atomic E-state index is 0.597. The van der Waals surface area contributed by atoms with E-state index in [1.807, 2.05) is 24.4 Å². The predicted molar refractivity (Wildman–Crippen MR) is 191 cm³/mol. The Morgan fingerprint density at radius 2 is 1.19 bits per heavy atom. The molecule has 0 bridgehead atoms. The standard InChI is InChI=1S/C42H26N4O/c1-2-11-27-21-29(18-17-25(27)9-1)40-44-41(46-42(45-40)35-23-43-24-37-39(35)33-15-7-8-16-36(33)47-37)34-22-28-12-4-5-13-30(28)32-20-19-26-10-3-6-14-31(26)38(32)34/h1-23,43H,24H2. The molecule has 1 aliphatic heterocycles. The van der Waals surface area contributed by atoms with E-state index in [2.05, 4.69) is 121 Å². The number of hydrogen-bond donors (Lipinski definition) is 1. The maximum atomic E-state index is 6.30. The Balaban J connectivity index is 1.30. The molecule has 0 spiro atoms. The lowest BCUT2D eigenvalue weighted by Crippen LogP contribution is -2.14. The van der Waals surface area contributed by atoms with Crippen LogP contribution in [0.1, 0.15) is 17.1 Å². The summed E-state index contributed by atoms with van der Waals surface area (Å²) in [6, 6.07) is 46.7. The van der Waals surface area contributed by atoms with Crippen molar-refractivity contribution < 1.29 is 4.42 Å². The fourth-order valence-electron chi connectivity index (χ4n) is 7.14. The van der Waals surface area contributed by atoms with E-state index in [0.717, 1.165) is 55.2 Å². The molecule has 47 heavy (non-hydrogen) atoms. The fraction of sp³-hybridized carbons (Fsp3) is 0.0238. The summed E-state index contributed by atoms with van der Waals surface area (Å²) in [7, 11) is 0. The van der Waals surface area contributed by atoms with Crippen LogP contribution in [-0.2, 0) is 6.54 Å². The lowest BCUT2D eigenvalue weighted by atomic mass is 9.92. The Morgan fingerprint density at radius 3 is 2.09 bits per heavy atom. The molecule has 220 valence electrons. The van der Waals surface area contributed by atoms with Gasteiger partial charge in [0.1, 0.15) is 11.3 Å². The number of aromatic nitrogens is 3. The number of para-hydroxylation sites is 1. The van der Waals surface area contributed by atoms with Gasteiger partial charge in [-0.2, -0.15) is 0 Å². The van der Waals surface area contributed by atoms with E-state index in [0.29, 0.717) is 24.0 Å². The van der Waals surface area contributed by atoms with Gasteiger partial charge >= 0.3 is 0 Å². The topological polar surface area (TPSA) is 63.8 Å². The minimum Gasteiger partial charge on any atom is -0.459 e. The van der Waals surface area contributed by atoms with Gasteiger partial charge in [0.15, 0.2) is 17.5 Å². The lowest BCUT2D eigenvalue weighted by Gasteiger charge is -2.17. The molecule has 7 aromatic carbocycles. The maximum absolute atomic E-state index is 6.30. The van der Waals surface area contributed by atoms with Crippen LogP contribution < -0.4 is 5.32 Å². The van der Waals surface area contributed by atoms with Gasteiger partial charge in [-0.25, -0.2) is 15.0 Å². The molecule has 0 unspecified atom stereocenters. The highest BCUT2D eigenvalue weighted by Crippen LogP contribution is 2.40. The molecule has 2 aromatic heterocycles. The Hall–Kier alpha value is -6.33. The molecule has 9 aromatic rings. The molecular formula is C42H26N4O. The van der Waals surface area contributed by atoms with Crippen LogP contribution in [0.25, 0.3) is 82.4 Å². The van der Waals surface area contributed by atoms with Crippen molar-refractivity contribution >= 4 is 59.6 Å². The second-order valence-electron chi connectivity index (χ2n) is 12.1. The van der Waals surface area contributed by atoms with Gasteiger partial charge in [0, 0.05) is 39.2 Å². The van der Waals surface area contributed by atoms with Crippen LogP contribution in [0, 0.1) is 0 Å². The molecule has 1 N–H and O–H groups in total. The smallest absolute Gasteiger partial charge is 0.166 e. The van der Waals surface area contributed by atoms with Gasteiger partial charge in [-0.15, -0.1) is 0 Å². The third-order valence-corrected chi connectivity index (χ3v) is 9.32. The SMILES string of the molecule is C1=C(c2nc(-c3ccc4ccccc4c3)nc(-c3cc4ccccc4c4ccc5ccccc5c34)n2)c2c(oc3ccccc23)CN1. The normalized spacial score (nSPS) is 12.9. The highest BCUT2D eigenvalue weighted by Gasteiger charge is 2.25. The largest absolute Gasteiger partial charge is 0.459 e. The van der Waals surface area contributed by atoms with E-state index in [1.54, 1.807) is 0 Å². The van der Waals surface area contributed by atoms with Crippen molar-refractivity contribution in [2.45, 2.75) is 6.54 Å². The van der Waals surface area contributed by atoms with Crippen LogP contribution in [0.3, 0.4) is 0 Å². The van der Waals surface area contributed by atoms with Crippen LogP contribution in [0.4, 0.5) is 0 Å². The molecule has 0 saturated heterocycles. The number of rotatable bonds is 3. The number of benzene rings is 7. The van der Waals surface area contributed by atoms with E-state index < -0.39 is 0 Å². The Morgan fingerprint density at radius 1 is 0.511 bits per heavy atom. The Bertz CT molecular complexity index is 2760. The molecule has 0 aliphatic carbocycles. The van der Waals surface area contributed by atoms with Gasteiger partial charge in [0.05, 0.1) is 6.54 Å². The zero-order valence-corrected chi connectivity index (χ0v) is 25.2. The summed E-state index contributed by atoms with van der Waals surface area (Å²) in [6.07, 6.45) is 2.02. The number of nitrogens with zero attached hydrogens (tertiary/aromatic N) is 3. The molecule has 10 rings (SSSR count). The maximum Gasteiger partial charge on any atom is 0.166 e. The molecule has 0 radical (unpaired) electrons. The van der Waals surface area contributed by atoms with Gasteiger partial charge in [0.2, 0.25) is 0 Å². The van der Waals surface area contributed by atoms with Crippen LogP contribution in [-0.4, -0.2) is 15.0 Å². The zero-order valence-electron chi connectivity index (χ0n) is 25.2. The molecule has 0 fully saturated rings. The third-order valence-electron chi connectivity index (χ3n) is 9.32. The zero-order chi connectivity index (χ0) is 30.9. The van der Waals surface area contributed by atoms with Crippen LogP contribution in [0.2, 0.25) is 0 Å². The van der Waals surface area contributed by atoms with Gasteiger partial charge < -0.3 is 9.73 Å². The molecule has 5 heteroatoms. The van der Waals surface area contributed by atoms with Crippen molar-refractivity contribution in [3.63, 3.8) is 0 Å². The molecule has 3 heterocycles. The summed E-state index contributed by atoms with van der Waals surface area (Å²) < 4.78 is 6.30. The van der Waals surface area contributed by atoms with Gasteiger partial charge in [-0.1, -0.05) is 115 Å². The van der Waals surface area contributed by atoms with Crippen molar-refractivity contribution in [2.24, 2.45) is 0 Å². The first-order chi connectivity index (χ1) is 23.3. The molecule has 0 amide bonds. The van der Waals surface area contributed by atoms with Crippen molar-refractivity contribution in [1.29, 1.82) is 0 Å². The highest BCUT2D eigenvalue weighted by molar-refractivity contribution is 6.22. The first-order valence-corrected chi connectivity index (χ1v) is 15.8. The first kappa shape index (κ1) is 25.9. The summed E-state index contributed by atoms with van der Waals surface area (Å²) in [5.41, 5.74) is 4.67. The molecular weight excluding hydrogens is 576 g/mol. The van der Waals surface area contributed by atoms with E-state index in [9.17, 15) is 0 Å². The van der Waals surface area contributed by atoms with Crippen LogP contribution >= 0.6 is 0 Å². The van der Waals surface area contributed by atoms with Gasteiger partial charge in [-0.3, -0.25) is 0 Å².